The Kier molecular flexibility index (Phi) is 3.76. The second-order valence-electron chi connectivity index (χ2n) is 6.31. The van der Waals surface area contributed by atoms with Crippen LogP contribution in [-0.2, 0) is 0 Å². The largest absolute Gasteiger partial charge is 0.338 e. The van der Waals surface area contributed by atoms with Crippen LogP contribution in [0.25, 0.3) is 11.0 Å². The Hall–Kier alpha value is -2.34. The molecule has 0 atom stereocenters. The van der Waals surface area contributed by atoms with E-state index in [-0.39, 0.29) is 17.6 Å². The number of rotatable bonds is 2. The van der Waals surface area contributed by atoms with Crippen molar-refractivity contribution >= 4 is 28.3 Å². The molecule has 0 saturated carbocycles. The minimum atomic E-state index is -0.0605. The third-order valence-corrected chi connectivity index (χ3v) is 5.69. The molecule has 1 aliphatic rings. The number of amides is 1. The molecule has 124 valence electrons. The lowest BCUT2D eigenvalue weighted by atomic mass is 10.0. The van der Waals surface area contributed by atoms with Crippen LogP contribution < -0.4 is 5.69 Å². The maximum Gasteiger partial charge on any atom is 0.326 e. The van der Waals surface area contributed by atoms with Gasteiger partial charge in [-0.1, -0.05) is 12.1 Å². The number of para-hydroxylation sites is 2. The number of aromatic nitrogens is 2. The number of aromatic amines is 1. The fraction of sp³-hybridized carbons (Fsp3) is 0.333. The number of piperidine rings is 1. The number of hydrogen-bond donors (Lipinski definition) is 1. The van der Waals surface area contributed by atoms with Crippen molar-refractivity contribution < 1.29 is 4.79 Å². The van der Waals surface area contributed by atoms with Crippen molar-refractivity contribution in [1.29, 1.82) is 0 Å². The van der Waals surface area contributed by atoms with Crippen LogP contribution >= 0.6 is 11.3 Å². The lowest BCUT2D eigenvalue weighted by molar-refractivity contribution is 0.0695. The summed E-state index contributed by atoms with van der Waals surface area (Å²) in [4.78, 5) is 29.7. The molecule has 3 heterocycles. The van der Waals surface area contributed by atoms with Gasteiger partial charge in [-0.15, -0.1) is 0 Å². The van der Waals surface area contributed by atoms with E-state index in [1.54, 1.807) is 11.3 Å². The average Bonchev–Trinajstić information content (AvgIpc) is 3.16. The zero-order chi connectivity index (χ0) is 16.7. The van der Waals surface area contributed by atoms with Crippen molar-refractivity contribution in [2.45, 2.75) is 25.8 Å². The van der Waals surface area contributed by atoms with E-state index in [1.165, 1.54) is 0 Å². The molecule has 1 amide bonds. The number of nitrogens with one attached hydrogen (secondary N) is 1. The number of fused-ring (bicyclic) bond motifs is 1. The highest BCUT2D eigenvalue weighted by atomic mass is 32.1. The summed E-state index contributed by atoms with van der Waals surface area (Å²) in [6, 6.07) is 7.91. The second kappa shape index (κ2) is 5.94. The molecule has 0 radical (unpaired) electrons. The highest BCUT2D eigenvalue weighted by Crippen LogP contribution is 2.26. The minimum absolute atomic E-state index is 0.0605. The lowest BCUT2D eigenvalue weighted by Crippen LogP contribution is -2.40. The van der Waals surface area contributed by atoms with E-state index in [9.17, 15) is 9.59 Å². The molecule has 5 nitrogen and oxygen atoms in total. The van der Waals surface area contributed by atoms with Gasteiger partial charge in [0.25, 0.3) is 5.91 Å². The third-order valence-electron chi connectivity index (χ3n) is 4.83. The first kappa shape index (κ1) is 15.2. The van der Waals surface area contributed by atoms with Crippen LogP contribution in [0.15, 0.2) is 39.8 Å². The Morgan fingerprint density at radius 2 is 1.96 bits per heavy atom. The van der Waals surface area contributed by atoms with Gasteiger partial charge in [0.2, 0.25) is 0 Å². The van der Waals surface area contributed by atoms with Gasteiger partial charge in [-0.2, -0.15) is 11.3 Å². The number of nitrogens with zero attached hydrogens (tertiary/aromatic N) is 2. The molecule has 0 bridgehead atoms. The van der Waals surface area contributed by atoms with Gasteiger partial charge in [0.1, 0.15) is 0 Å². The van der Waals surface area contributed by atoms with Crippen molar-refractivity contribution in [3.63, 3.8) is 0 Å². The maximum atomic E-state index is 12.6. The molecule has 0 aliphatic carbocycles. The van der Waals surface area contributed by atoms with E-state index in [1.807, 2.05) is 51.4 Å². The van der Waals surface area contributed by atoms with Gasteiger partial charge in [0.15, 0.2) is 0 Å². The van der Waals surface area contributed by atoms with E-state index in [0.717, 1.165) is 35.0 Å². The first-order valence-electron chi connectivity index (χ1n) is 8.16. The average molecular weight is 341 g/mol. The Morgan fingerprint density at radius 3 is 2.67 bits per heavy atom. The quantitative estimate of drug-likeness (QED) is 0.778. The predicted molar refractivity (Wildman–Crippen MR) is 95.8 cm³/mol. The van der Waals surface area contributed by atoms with E-state index < -0.39 is 0 Å². The molecular formula is C18H19N3O2S. The lowest BCUT2D eigenvalue weighted by Gasteiger charge is -2.32. The molecule has 1 saturated heterocycles. The molecule has 2 aromatic heterocycles. The second-order valence-corrected chi connectivity index (χ2v) is 7.05. The van der Waals surface area contributed by atoms with Crippen LogP contribution in [0.2, 0.25) is 0 Å². The van der Waals surface area contributed by atoms with Gasteiger partial charge in [-0.3, -0.25) is 9.36 Å². The summed E-state index contributed by atoms with van der Waals surface area (Å²) in [6.07, 6.45) is 1.60. The number of carbonyl (C=O) groups is 1. The standard InChI is InChI=1S/C18H19N3O2S/c1-12-10-24-11-14(12)17(22)20-8-6-13(7-9-20)21-16-5-3-2-4-15(16)19-18(21)23/h2-5,10-11,13H,6-9H2,1H3,(H,19,23). The number of thiophene rings is 1. The summed E-state index contributed by atoms with van der Waals surface area (Å²) >= 11 is 1.56. The molecule has 3 aromatic rings. The van der Waals surface area contributed by atoms with Gasteiger partial charge in [0.05, 0.1) is 16.6 Å². The smallest absolute Gasteiger partial charge is 0.326 e. The maximum absolute atomic E-state index is 12.6. The number of benzene rings is 1. The number of aryl methyl sites for hydroxylation is 1. The zero-order valence-electron chi connectivity index (χ0n) is 13.5. The topological polar surface area (TPSA) is 58.1 Å². The number of likely N-dealkylation sites (tertiary alicyclic amines) is 1. The number of hydrogen-bond acceptors (Lipinski definition) is 3. The molecule has 24 heavy (non-hydrogen) atoms. The van der Waals surface area contributed by atoms with Crippen LogP contribution in [-0.4, -0.2) is 33.4 Å². The fourth-order valence-corrected chi connectivity index (χ4v) is 4.34. The Bertz CT molecular complexity index is 944. The molecule has 6 heteroatoms. The number of H-pyrrole nitrogens is 1. The Labute approximate surface area is 143 Å². The summed E-state index contributed by atoms with van der Waals surface area (Å²) in [7, 11) is 0. The monoisotopic (exact) mass is 341 g/mol. The van der Waals surface area contributed by atoms with Crippen molar-refractivity contribution in [2.75, 3.05) is 13.1 Å². The molecule has 4 rings (SSSR count). The van der Waals surface area contributed by atoms with E-state index in [0.29, 0.717) is 13.1 Å². The van der Waals surface area contributed by atoms with Gasteiger partial charge in [-0.05, 0) is 42.8 Å². The number of carbonyl (C=O) groups excluding carboxylic acids is 1. The SMILES string of the molecule is Cc1cscc1C(=O)N1CCC(n2c(=O)[nH]c3ccccc32)CC1. The highest BCUT2D eigenvalue weighted by Gasteiger charge is 2.27. The summed E-state index contributed by atoms with van der Waals surface area (Å²) in [5.41, 5.74) is 3.60. The van der Waals surface area contributed by atoms with Crippen LogP contribution in [0.3, 0.4) is 0 Å². The minimum Gasteiger partial charge on any atom is -0.338 e. The Morgan fingerprint density at radius 1 is 1.21 bits per heavy atom. The molecule has 0 unspecified atom stereocenters. The normalized spacial score (nSPS) is 16.0. The molecule has 1 N–H and O–H groups in total. The molecule has 1 fully saturated rings. The van der Waals surface area contributed by atoms with E-state index >= 15 is 0 Å². The summed E-state index contributed by atoms with van der Waals surface area (Å²) in [6.45, 7) is 3.34. The third kappa shape index (κ3) is 2.47. The van der Waals surface area contributed by atoms with Crippen molar-refractivity contribution in [3.05, 3.63) is 56.6 Å². The van der Waals surface area contributed by atoms with Crippen molar-refractivity contribution in [3.8, 4) is 0 Å². The number of imidazole rings is 1. The molecule has 0 spiro atoms. The first-order valence-corrected chi connectivity index (χ1v) is 9.11. The van der Waals surface area contributed by atoms with Crippen molar-refractivity contribution in [1.82, 2.24) is 14.5 Å². The highest BCUT2D eigenvalue weighted by molar-refractivity contribution is 7.08. The van der Waals surface area contributed by atoms with E-state index in [4.69, 9.17) is 0 Å². The summed E-state index contributed by atoms with van der Waals surface area (Å²) in [5, 5.41) is 3.93. The van der Waals surface area contributed by atoms with Crippen LogP contribution in [0, 0.1) is 6.92 Å². The molecule has 1 aliphatic heterocycles. The van der Waals surface area contributed by atoms with Gasteiger partial charge >= 0.3 is 5.69 Å². The molecular weight excluding hydrogens is 322 g/mol. The first-order chi connectivity index (χ1) is 11.6. The van der Waals surface area contributed by atoms with E-state index in [2.05, 4.69) is 4.98 Å². The van der Waals surface area contributed by atoms with Gasteiger partial charge < -0.3 is 9.88 Å². The van der Waals surface area contributed by atoms with Gasteiger partial charge in [-0.25, -0.2) is 4.79 Å². The van der Waals surface area contributed by atoms with Gasteiger partial charge in [0, 0.05) is 24.5 Å². The summed E-state index contributed by atoms with van der Waals surface area (Å²) < 4.78 is 1.85. The van der Waals surface area contributed by atoms with Crippen LogP contribution in [0.1, 0.15) is 34.8 Å². The predicted octanol–water partition coefficient (Wildman–Crippen LogP) is 3.18. The van der Waals surface area contributed by atoms with Crippen LogP contribution in [0.4, 0.5) is 0 Å². The Balaban J connectivity index is 1.54. The summed E-state index contributed by atoms with van der Waals surface area (Å²) in [5.74, 6) is 0.110. The van der Waals surface area contributed by atoms with Crippen molar-refractivity contribution in [2.24, 2.45) is 0 Å². The zero-order valence-corrected chi connectivity index (χ0v) is 14.3. The van der Waals surface area contributed by atoms with Crippen LogP contribution in [0.5, 0.6) is 0 Å². The fourth-order valence-electron chi connectivity index (χ4n) is 3.51. The molecule has 1 aromatic carbocycles.